The zero-order valence-corrected chi connectivity index (χ0v) is 10.1. The molecule has 0 spiro atoms. The molecule has 0 fully saturated rings. The number of amides is 1. The van der Waals surface area contributed by atoms with Crippen LogP contribution >= 0.6 is 0 Å². The quantitative estimate of drug-likeness (QED) is 0.602. The van der Waals surface area contributed by atoms with E-state index in [2.05, 4.69) is 6.58 Å². The van der Waals surface area contributed by atoms with E-state index in [1.54, 1.807) is 29.2 Å². The van der Waals surface area contributed by atoms with Crippen molar-refractivity contribution < 1.29 is 4.79 Å². The summed E-state index contributed by atoms with van der Waals surface area (Å²) in [6, 6.07) is 4.95. The fourth-order valence-corrected chi connectivity index (χ4v) is 1.65. The van der Waals surface area contributed by atoms with Crippen LogP contribution in [0.15, 0.2) is 30.9 Å². The SMILES string of the molecule is C=CCN(CCC)C(=O)c1ccc(N)cc1N. The van der Waals surface area contributed by atoms with Gasteiger partial charge < -0.3 is 16.4 Å². The van der Waals surface area contributed by atoms with Gasteiger partial charge >= 0.3 is 0 Å². The molecule has 1 aromatic carbocycles. The Morgan fingerprint density at radius 3 is 2.71 bits per heavy atom. The number of rotatable bonds is 5. The van der Waals surface area contributed by atoms with Crippen LogP contribution in [0, 0.1) is 0 Å². The Labute approximate surface area is 102 Å². The summed E-state index contributed by atoms with van der Waals surface area (Å²) in [5, 5.41) is 0. The van der Waals surface area contributed by atoms with Crippen LogP contribution < -0.4 is 11.5 Å². The zero-order valence-electron chi connectivity index (χ0n) is 10.1. The van der Waals surface area contributed by atoms with Crippen molar-refractivity contribution in [2.24, 2.45) is 0 Å². The minimum Gasteiger partial charge on any atom is -0.399 e. The molecule has 0 radical (unpaired) electrons. The molecule has 92 valence electrons. The molecule has 0 unspecified atom stereocenters. The third-order valence-corrected chi connectivity index (χ3v) is 2.44. The molecule has 0 aliphatic rings. The Kier molecular flexibility index (Phi) is 4.57. The summed E-state index contributed by atoms with van der Waals surface area (Å²) in [7, 11) is 0. The van der Waals surface area contributed by atoms with E-state index >= 15 is 0 Å². The van der Waals surface area contributed by atoms with Crippen LogP contribution in [0.25, 0.3) is 0 Å². The normalized spacial score (nSPS) is 9.94. The molecule has 0 aromatic heterocycles. The molecule has 0 aliphatic heterocycles. The first-order valence-electron chi connectivity index (χ1n) is 5.65. The number of anilines is 2. The van der Waals surface area contributed by atoms with Gasteiger partial charge in [-0.2, -0.15) is 0 Å². The minimum absolute atomic E-state index is 0.0794. The van der Waals surface area contributed by atoms with E-state index in [9.17, 15) is 4.79 Å². The molecule has 0 saturated carbocycles. The highest BCUT2D eigenvalue weighted by atomic mass is 16.2. The van der Waals surface area contributed by atoms with E-state index in [0.717, 1.165) is 6.42 Å². The first kappa shape index (κ1) is 13.1. The van der Waals surface area contributed by atoms with Crippen molar-refractivity contribution in [2.75, 3.05) is 24.6 Å². The van der Waals surface area contributed by atoms with Crippen molar-refractivity contribution in [3.8, 4) is 0 Å². The second-order valence-electron chi connectivity index (χ2n) is 3.89. The second kappa shape index (κ2) is 5.94. The van der Waals surface area contributed by atoms with Crippen molar-refractivity contribution in [2.45, 2.75) is 13.3 Å². The van der Waals surface area contributed by atoms with Crippen LogP contribution in [0.1, 0.15) is 23.7 Å². The van der Waals surface area contributed by atoms with E-state index in [-0.39, 0.29) is 5.91 Å². The molecule has 4 N–H and O–H groups in total. The summed E-state index contributed by atoms with van der Waals surface area (Å²) in [5.74, 6) is -0.0794. The maximum absolute atomic E-state index is 12.2. The van der Waals surface area contributed by atoms with Gasteiger partial charge in [-0.05, 0) is 24.6 Å². The molecule has 0 aliphatic carbocycles. The van der Waals surface area contributed by atoms with Gasteiger partial charge in [0, 0.05) is 24.5 Å². The number of benzene rings is 1. The molecule has 0 heterocycles. The fourth-order valence-electron chi connectivity index (χ4n) is 1.65. The number of hydrogen-bond acceptors (Lipinski definition) is 3. The molecule has 17 heavy (non-hydrogen) atoms. The smallest absolute Gasteiger partial charge is 0.256 e. The van der Waals surface area contributed by atoms with Crippen LogP contribution in [0.5, 0.6) is 0 Å². The maximum Gasteiger partial charge on any atom is 0.256 e. The predicted octanol–water partition coefficient (Wildman–Crippen LogP) is 1.89. The number of nitrogen functional groups attached to an aromatic ring is 2. The summed E-state index contributed by atoms with van der Waals surface area (Å²) in [6.45, 7) is 6.89. The van der Waals surface area contributed by atoms with E-state index in [1.165, 1.54) is 0 Å². The van der Waals surface area contributed by atoms with Gasteiger partial charge in [-0.15, -0.1) is 6.58 Å². The first-order valence-corrected chi connectivity index (χ1v) is 5.65. The number of nitrogens with two attached hydrogens (primary N) is 2. The lowest BCUT2D eigenvalue weighted by Crippen LogP contribution is -2.32. The lowest BCUT2D eigenvalue weighted by Gasteiger charge is -2.21. The monoisotopic (exact) mass is 233 g/mol. The van der Waals surface area contributed by atoms with E-state index in [4.69, 9.17) is 11.5 Å². The zero-order chi connectivity index (χ0) is 12.8. The highest BCUT2D eigenvalue weighted by Gasteiger charge is 2.16. The van der Waals surface area contributed by atoms with Gasteiger partial charge in [-0.1, -0.05) is 13.0 Å². The van der Waals surface area contributed by atoms with Crippen LogP contribution in [0.3, 0.4) is 0 Å². The summed E-state index contributed by atoms with van der Waals surface area (Å²) in [5.41, 5.74) is 12.9. The molecule has 1 aromatic rings. The fraction of sp³-hybridized carbons (Fsp3) is 0.308. The van der Waals surface area contributed by atoms with Crippen molar-refractivity contribution >= 4 is 17.3 Å². The summed E-state index contributed by atoms with van der Waals surface area (Å²) >= 11 is 0. The van der Waals surface area contributed by atoms with E-state index in [0.29, 0.717) is 30.0 Å². The molecule has 1 rings (SSSR count). The topological polar surface area (TPSA) is 72.3 Å². The average Bonchev–Trinajstić information content (AvgIpc) is 2.28. The summed E-state index contributed by atoms with van der Waals surface area (Å²) in [4.78, 5) is 13.9. The third kappa shape index (κ3) is 3.24. The van der Waals surface area contributed by atoms with Gasteiger partial charge in [-0.25, -0.2) is 0 Å². The summed E-state index contributed by atoms with van der Waals surface area (Å²) < 4.78 is 0. The number of carbonyl (C=O) groups excluding carboxylic acids is 1. The Hall–Kier alpha value is -1.97. The van der Waals surface area contributed by atoms with E-state index in [1.807, 2.05) is 6.92 Å². The largest absolute Gasteiger partial charge is 0.399 e. The van der Waals surface area contributed by atoms with Crippen molar-refractivity contribution in [1.82, 2.24) is 4.90 Å². The standard InChI is InChI=1S/C13H19N3O/c1-3-7-16(8-4-2)13(17)11-6-5-10(14)9-12(11)15/h3,5-6,9H,1,4,7-8,14-15H2,2H3. The van der Waals surface area contributed by atoms with Gasteiger partial charge in [0.15, 0.2) is 0 Å². The highest BCUT2D eigenvalue weighted by Crippen LogP contribution is 2.17. The third-order valence-electron chi connectivity index (χ3n) is 2.44. The molecule has 0 atom stereocenters. The van der Waals surface area contributed by atoms with Gasteiger partial charge in [0.05, 0.1) is 5.56 Å². The Bertz CT molecular complexity index is 415. The molecular formula is C13H19N3O. The highest BCUT2D eigenvalue weighted by molar-refractivity contribution is 5.99. The van der Waals surface area contributed by atoms with Crippen molar-refractivity contribution in [3.63, 3.8) is 0 Å². The van der Waals surface area contributed by atoms with Crippen LogP contribution in [0.4, 0.5) is 11.4 Å². The van der Waals surface area contributed by atoms with Crippen molar-refractivity contribution in [1.29, 1.82) is 0 Å². The lowest BCUT2D eigenvalue weighted by molar-refractivity contribution is 0.0775. The predicted molar refractivity (Wildman–Crippen MR) is 71.7 cm³/mol. The molecule has 0 saturated heterocycles. The molecule has 1 amide bonds. The second-order valence-corrected chi connectivity index (χ2v) is 3.89. The van der Waals surface area contributed by atoms with Gasteiger partial charge in [0.2, 0.25) is 0 Å². The van der Waals surface area contributed by atoms with Gasteiger partial charge in [0.25, 0.3) is 5.91 Å². The molecule has 4 nitrogen and oxygen atoms in total. The molecular weight excluding hydrogens is 214 g/mol. The number of hydrogen-bond donors (Lipinski definition) is 2. The molecule has 0 bridgehead atoms. The summed E-state index contributed by atoms with van der Waals surface area (Å²) in [6.07, 6.45) is 2.61. The maximum atomic E-state index is 12.2. The Morgan fingerprint density at radius 2 is 2.18 bits per heavy atom. The van der Waals surface area contributed by atoms with Gasteiger partial charge in [0.1, 0.15) is 0 Å². The number of carbonyl (C=O) groups is 1. The Balaban J connectivity index is 2.96. The van der Waals surface area contributed by atoms with Gasteiger partial charge in [-0.3, -0.25) is 4.79 Å². The molecule has 4 heteroatoms. The van der Waals surface area contributed by atoms with Crippen LogP contribution in [-0.2, 0) is 0 Å². The average molecular weight is 233 g/mol. The van der Waals surface area contributed by atoms with Crippen LogP contribution in [0.2, 0.25) is 0 Å². The Morgan fingerprint density at radius 1 is 1.47 bits per heavy atom. The lowest BCUT2D eigenvalue weighted by atomic mass is 10.1. The minimum atomic E-state index is -0.0794. The van der Waals surface area contributed by atoms with Crippen LogP contribution in [-0.4, -0.2) is 23.9 Å². The van der Waals surface area contributed by atoms with Crippen molar-refractivity contribution in [3.05, 3.63) is 36.4 Å². The van der Waals surface area contributed by atoms with E-state index < -0.39 is 0 Å². The first-order chi connectivity index (χ1) is 8.10. The number of nitrogens with zero attached hydrogens (tertiary/aromatic N) is 1.